The summed E-state index contributed by atoms with van der Waals surface area (Å²) in [5.74, 6) is -0.146. The van der Waals surface area contributed by atoms with Gasteiger partial charge in [-0.25, -0.2) is 0 Å². The van der Waals surface area contributed by atoms with Crippen LogP contribution in [0.15, 0.2) is 45.7 Å². The van der Waals surface area contributed by atoms with E-state index in [0.29, 0.717) is 34.4 Å². The zero-order valence-corrected chi connectivity index (χ0v) is 9.95. The fourth-order valence-corrected chi connectivity index (χ4v) is 2.31. The van der Waals surface area contributed by atoms with Crippen molar-refractivity contribution in [3.63, 3.8) is 0 Å². The lowest BCUT2D eigenvalue weighted by atomic mass is 9.95. The summed E-state index contributed by atoms with van der Waals surface area (Å²) in [5.41, 5.74) is 8.08. The number of hydrogen-bond donors (Lipinski definition) is 1. The van der Waals surface area contributed by atoms with Gasteiger partial charge in [-0.2, -0.15) is 10.5 Å². The van der Waals surface area contributed by atoms with Crippen molar-refractivity contribution in [1.82, 2.24) is 0 Å². The second kappa shape index (κ2) is 4.35. The molecular weight excluding hydrogens is 226 g/mol. The van der Waals surface area contributed by atoms with Crippen molar-refractivity contribution in [2.24, 2.45) is 5.73 Å². The number of hydrogen-bond acceptors (Lipinski definition) is 4. The number of nitrogens with two attached hydrogens (primary N) is 1. The van der Waals surface area contributed by atoms with E-state index in [9.17, 15) is 4.79 Å². The molecule has 0 aromatic carbocycles. The molecule has 0 saturated heterocycles. The van der Waals surface area contributed by atoms with Crippen LogP contribution in [-0.2, 0) is 4.79 Å². The zero-order chi connectivity index (χ0) is 13.3. The topological polar surface area (TPSA) is 90.7 Å². The summed E-state index contributed by atoms with van der Waals surface area (Å²) in [6, 6.07) is 3.68. The fraction of sp³-hybridized carbons (Fsp3) is 0.214. The molecule has 0 bridgehead atoms. The molecular formula is C14H11N3O. The van der Waals surface area contributed by atoms with Gasteiger partial charge >= 0.3 is 0 Å². The Balaban J connectivity index is 2.81. The molecule has 0 unspecified atom stereocenters. The minimum atomic E-state index is -0.146. The predicted molar refractivity (Wildman–Crippen MR) is 65.5 cm³/mol. The number of allylic oxidation sites excluding steroid dienone is 8. The quantitative estimate of drug-likeness (QED) is 0.513. The van der Waals surface area contributed by atoms with E-state index in [1.807, 2.05) is 18.2 Å². The van der Waals surface area contributed by atoms with E-state index >= 15 is 0 Å². The summed E-state index contributed by atoms with van der Waals surface area (Å²) in [4.78, 5) is 12.2. The van der Waals surface area contributed by atoms with Gasteiger partial charge in [-0.1, -0.05) is 12.2 Å². The first kappa shape index (κ1) is 11.9. The molecule has 0 radical (unpaired) electrons. The monoisotopic (exact) mass is 237 g/mol. The molecule has 2 aliphatic carbocycles. The van der Waals surface area contributed by atoms with E-state index in [4.69, 9.17) is 16.3 Å². The summed E-state index contributed by atoms with van der Waals surface area (Å²) >= 11 is 0. The number of nitriles is 2. The van der Waals surface area contributed by atoms with Gasteiger partial charge < -0.3 is 5.73 Å². The summed E-state index contributed by atoms with van der Waals surface area (Å²) in [6.07, 6.45) is 5.17. The first-order valence-electron chi connectivity index (χ1n) is 5.57. The van der Waals surface area contributed by atoms with Crippen LogP contribution in [0.3, 0.4) is 0 Å². The van der Waals surface area contributed by atoms with Crippen LogP contribution in [0.1, 0.15) is 19.8 Å². The molecule has 4 nitrogen and oxygen atoms in total. The maximum Gasteiger partial charge on any atom is 0.192 e. The number of carbonyl (C=O) groups excluding carboxylic acids is 1. The van der Waals surface area contributed by atoms with Gasteiger partial charge in [-0.15, -0.1) is 0 Å². The molecule has 0 spiro atoms. The van der Waals surface area contributed by atoms with Crippen LogP contribution < -0.4 is 5.73 Å². The molecule has 0 amide bonds. The molecule has 0 aromatic rings. The zero-order valence-electron chi connectivity index (χ0n) is 9.95. The van der Waals surface area contributed by atoms with Crippen LogP contribution in [0.25, 0.3) is 0 Å². The molecule has 88 valence electrons. The van der Waals surface area contributed by atoms with Crippen molar-refractivity contribution >= 4 is 5.78 Å². The Hall–Kier alpha value is -2.59. The SMILES string of the molecule is C/C(N)=C1\C(=O)C2=C(C=CCC2)C1=C(C#N)C#N. The highest BCUT2D eigenvalue weighted by atomic mass is 16.1. The van der Waals surface area contributed by atoms with Crippen LogP contribution in [-0.4, -0.2) is 5.78 Å². The molecule has 4 heteroatoms. The molecule has 18 heavy (non-hydrogen) atoms. The Kier molecular flexibility index (Phi) is 2.87. The van der Waals surface area contributed by atoms with Gasteiger partial charge in [0.05, 0.1) is 5.57 Å². The third-order valence-electron chi connectivity index (χ3n) is 3.06. The maximum atomic E-state index is 12.2. The van der Waals surface area contributed by atoms with Gasteiger partial charge in [-0.3, -0.25) is 4.79 Å². The molecule has 2 rings (SSSR count). The van der Waals surface area contributed by atoms with E-state index in [2.05, 4.69) is 0 Å². The molecule has 0 aliphatic heterocycles. The van der Waals surface area contributed by atoms with Crippen LogP contribution in [0.2, 0.25) is 0 Å². The first-order chi connectivity index (χ1) is 8.61. The normalized spacial score (nSPS) is 20.4. The number of carbonyl (C=O) groups is 1. The van der Waals surface area contributed by atoms with Crippen LogP contribution in [0.4, 0.5) is 0 Å². The second-order valence-corrected chi connectivity index (χ2v) is 4.19. The second-order valence-electron chi connectivity index (χ2n) is 4.19. The smallest absolute Gasteiger partial charge is 0.192 e. The highest BCUT2D eigenvalue weighted by Crippen LogP contribution is 2.40. The first-order valence-corrected chi connectivity index (χ1v) is 5.57. The Morgan fingerprint density at radius 1 is 1.33 bits per heavy atom. The van der Waals surface area contributed by atoms with Gasteiger partial charge in [0.1, 0.15) is 17.7 Å². The summed E-state index contributed by atoms with van der Waals surface area (Å²) < 4.78 is 0. The largest absolute Gasteiger partial charge is 0.402 e. The third-order valence-corrected chi connectivity index (χ3v) is 3.06. The molecule has 0 saturated carbocycles. The van der Waals surface area contributed by atoms with Crippen molar-refractivity contribution in [3.8, 4) is 12.1 Å². The minimum absolute atomic E-state index is 0.0558. The van der Waals surface area contributed by atoms with Crippen molar-refractivity contribution in [2.45, 2.75) is 19.8 Å². The Bertz CT molecular complexity index is 626. The highest BCUT2D eigenvalue weighted by Gasteiger charge is 2.35. The van der Waals surface area contributed by atoms with Gasteiger partial charge in [-0.05, 0) is 25.3 Å². The maximum absolute atomic E-state index is 12.2. The number of Topliss-reactive ketones (excluding diaryl/α,β-unsaturated/α-hetero) is 1. The lowest BCUT2D eigenvalue weighted by molar-refractivity contribution is -0.111. The molecule has 0 fully saturated rings. The van der Waals surface area contributed by atoms with Crippen LogP contribution >= 0.6 is 0 Å². The Morgan fingerprint density at radius 3 is 2.56 bits per heavy atom. The highest BCUT2D eigenvalue weighted by molar-refractivity contribution is 6.18. The van der Waals surface area contributed by atoms with Gasteiger partial charge in [0, 0.05) is 16.8 Å². The Morgan fingerprint density at radius 2 is 2.00 bits per heavy atom. The van der Waals surface area contributed by atoms with Crippen LogP contribution in [0.5, 0.6) is 0 Å². The minimum Gasteiger partial charge on any atom is -0.402 e. The standard InChI is InChI=1S/C14H11N3O/c1-8(17)12-13(9(6-15)7-16)10-4-2-3-5-11(10)14(12)18/h2,4H,3,5,17H2,1H3/b12-8+. The summed E-state index contributed by atoms with van der Waals surface area (Å²) in [6.45, 7) is 1.61. The lowest BCUT2D eigenvalue weighted by Gasteiger charge is -2.06. The van der Waals surface area contributed by atoms with Gasteiger partial charge in [0.2, 0.25) is 0 Å². The van der Waals surface area contributed by atoms with Crippen molar-refractivity contribution < 1.29 is 4.79 Å². The number of ketones is 1. The molecule has 0 atom stereocenters. The van der Waals surface area contributed by atoms with E-state index in [1.54, 1.807) is 13.0 Å². The van der Waals surface area contributed by atoms with Crippen molar-refractivity contribution in [1.29, 1.82) is 10.5 Å². The van der Waals surface area contributed by atoms with E-state index < -0.39 is 0 Å². The van der Waals surface area contributed by atoms with Gasteiger partial charge in [0.15, 0.2) is 5.78 Å². The van der Waals surface area contributed by atoms with E-state index in [1.165, 1.54) is 0 Å². The molecule has 2 N–H and O–H groups in total. The molecule has 0 heterocycles. The third kappa shape index (κ3) is 1.56. The summed E-state index contributed by atoms with van der Waals surface area (Å²) in [5, 5.41) is 18.0. The predicted octanol–water partition coefficient (Wildman–Crippen LogP) is 1.79. The van der Waals surface area contributed by atoms with Crippen molar-refractivity contribution in [3.05, 3.63) is 45.7 Å². The van der Waals surface area contributed by atoms with Crippen molar-refractivity contribution in [2.75, 3.05) is 0 Å². The molecule has 2 aliphatic rings. The lowest BCUT2D eigenvalue weighted by Crippen LogP contribution is -2.08. The van der Waals surface area contributed by atoms with Crippen LogP contribution in [0, 0.1) is 22.7 Å². The average molecular weight is 237 g/mol. The number of rotatable bonds is 0. The summed E-state index contributed by atoms with van der Waals surface area (Å²) in [7, 11) is 0. The average Bonchev–Trinajstić information content (AvgIpc) is 2.66. The number of nitrogens with zero attached hydrogens (tertiary/aromatic N) is 2. The fourth-order valence-electron chi connectivity index (χ4n) is 2.31. The van der Waals surface area contributed by atoms with E-state index in [0.717, 1.165) is 6.42 Å². The van der Waals surface area contributed by atoms with Gasteiger partial charge in [0.25, 0.3) is 0 Å². The molecule has 0 aromatic heterocycles. The Labute approximate surface area is 105 Å². The van der Waals surface area contributed by atoms with E-state index in [-0.39, 0.29) is 11.4 Å².